The van der Waals surface area contributed by atoms with Gasteiger partial charge in [-0.15, -0.1) is 9.81 Å². The summed E-state index contributed by atoms with van der Waals surface area (Å²) < 4.78 is 5.18. The fraction of sp³-hybridized carbons (Fsp3) is 0.143. The lowest BCUT2D eigenvalue weighted by Crippen LogP contribution is -2.40. The number of hydrogen-bond acceptors (Lipinski definition) is 4. The van der Waals surface area contributed by atoms with Crippen molar-refractivity contribution in [3.8, 4) is 5.75 Å². The smallest absolute Gasteiger partial charge is 0.414 e. The monoisotopic (exact) mass is 445 g/mol. The van der Waals surface area contributed by atoms with Crippen LogP contribution in [0.3, 0.4) is 0 Å². The second kappa shape index (κ2) is 10.0. The number of carbonyl (C=O) groups excluding carboxylic acids is 1. The Balaban J connectivity index is 1.82. The van der Waals surface area contributed by atoms with Crippen LogP contribution in [0.4, 0.5) is 22.0 Å². The van der Waals surface area contributed by atoms with E-state index in [2.05, 4.69) is 15.5 Å². The van der Waals surface area contributed by atoms with E-state index in [4.69, 9.17) is 27.9 Å². The Bertz CT molecular complexity index is 1040. The molecule has 2 aromatic carbocycles. The van der Waals surface area contributed by atoms with Crippen LogP contribution in [0.25, 0.3) is 0 Å². The molecule has 0 saturated heterocycles. The number of aromatic amines is 1. The van der Waals surface area contributed by atoms with Crippen LogP contribution in [0, 0.1) is 4.91 Å². The van der Waals surface area contributed by atoms with Gasteiger partial charge in [0, 0.05) is 6.54 Å². The zero-order chi connectivity index (χ0) is 21.5. The summed E-state index contributed by atoms with van der Waals surface area (Å²) in [6, 6.07) is 14.9. The van der Waals surface area contributed by atoms with Crippen LogP contribution >= 0.6 is 23.2 Å². The number of H-pyrrole nitrogens is 1. The Morgan fingerprint density at radius 2 is 1.90 bits per heavy atom. The molecule has 1 aromatic heterocycles. The molecule has 0 atom stereocenters. The molecule has 2 amide bonds. The molecule has 0 spiro atoms. The van der Waals surface area contributed by atoms with Crippen molar-refractivity contribution < 1.29 is 14.5 Å². The summed E-state index contributed by atoms with van der Waals surface area (Å²) in [5.41, 5.74) is 1.57. The topological polar surface area (TPSA) is 85.1 Å². The van der Waals surface area contributed by atoms with Crippen molar-refractivity contribution in [1.29, 1.82) is 0 Å². The van der Waals surface area contributed by atoms with E-state index in [1.54, 1.807) is 55.8 Å². The number of benzene rings is 2. The van der Waals surface area contributed by atoms with Gasteiger partial charge in [-0.1, -0.05) is 29.3 Å². The van der Waals surface area contributed by atoms with Crippen LogP contribution < -0.4 is 19.9 Å². The molecule has 7 nitrogen and oxygen atoms in total. The lowest BCUT2D eigenvalue weighted by Gasteiger charge is -2.16. The summed E-state index contributed by atoms with van der Waals surface area (Å²) in [6.07, 6.45) is 2.17. The standard InChI is InChI=1S/C21H18Cl2N4O3/c1-30-16-7-5-15(6-8-16)27(20-19(26-29)3-2-11-24-20)21(28)25-12-10-14-4-9-17(22)18(23)13-14/h2-9,11,13H,10,12H2,1H3,(H,25,28)/p+1. The zero-order valence-electron chi connectivity index (χ0n) is 16.1. The second-order valence-corrected chi connectivity index (χ2v) is 7.07. The van der Waals surface area contributed by atoms with Gasteiger partial charge < -0.3 is 10.1 Å². The maximum atomic E-state index is 13.1. The summed E-state index contributed by atoms with van der Waals surface area (Å²) in [5, 5.41) is 6.82. The molecular weight excluding hydrogens is 427 g/mol. The van der Waals surface area contributed by atoms with Gasteiger partial charge in [-0.25, -0.2) is 9.78 Å². The molecule has 0 fully saturated rings. The van der Waals surface area contributed by atoms with Gasteiger partial charge in [0.05, 0.1) is 23.4 Å². The second-order valence-electron chi connectivity index (χ2n) is 6.26. The minimum atomic E-state index is -0.424. The van der Waals surface area contributed by atoms with Gasteiger partial charge in [0.25, 0.3) is 0 Å². The van der Waals surface area contributed by atoms with Gasteiger partial charge in [0.1, 0.15) is 11.4 Å². The molecule has 0 aliphatic rings. The number of ether oxygens (including phenoxy) is 1. The number of amides is 2. The van der Waals surface area contributed by atoms with Crippen LogP contribution in [-0.4, -0.2) is 19.7 Å². The minimum Gasteiger partial charge on any atom is -0.497 e. The molecule has 0 unspecified atom stereocenters. The van der Waals surface area contributed by atoms with Gasteiger partial charge in [-0.3, -0.25) is 0 Å². The normalized spacial score (nSPS) is 10.4. The fourth-order valence-corrected chi connectivity index (χ4v) is 3.16. The highest BCUT2D eigenvalue weighted by atomic mass is 35.5. The first-order valence-corrected chi connectivity index (χ1v) is 9.79. The lowest BCUT2D eigenvalue weighted by atomic mass is 10.1. The highest BCUT2D eigenvalue weighted by Crippen LogP contribution is 2.31. The van der Waals surface area contributed by atoms with Crippen molar-refractivity contribution in [3.05, 3.63) is 81.3 Å². The van der Waals surface area contributed by atoms with Crippen LogP contribution in [0.15, 0.2) is 66.0 Å². The zero-order valence-corrected chi connectivity index (χ0v) is 17.6. The summed E-state index contributed by atoms with van der Waals surface area (Å²) >= 11 is 12.0. The maximum absolute atomic E-state index is 13.1. The highest BCUT2D eigenvalue weighted by molar-refractivity contribution is 6.42. The molecule has 0 aliphatic carbocycles. The van der Waals surface area contributed by atoms with Crippen molar-refractivity contribution in [2.24, 2.45) is 5.18 Å². The first-order valence-electron chi connectivity index (χ1n) is 9.03. The Morgan fingerprint density at radius 1 is 1.13 bits per heavy atom. The number of halogens is 2. The molecule has 3 rings (SSSR count). The van der Waals surface area contributed by atoms with Crippen LogP contribution in [0.2, 0.25) is 10.0 Å². The van der Waals surface area contributed by atoms with Gasteiger partial charge >= 0.3 is 11.8 Å². The van der Waals surface area contributed by atoms with E-state index >= 15 is 0 Å². The van der Waals surface area contributed by atoms with E-state index in [9.17, 15) is 9.70 Å². The number of carbonyl (C=O) groups is 1. The number of methoxy groups -OCH3 is 1. The molecule has 9 heteroatoms. The Morgan fingerprint density at radius 3 is 2.57 bits per heavy atom. The van der Waals surface area contributed by atoms with Gasteiger partial charge in [-0.05, 0) is 65.7 Å². The Labute approximate surface area is 183 Å². The summed E-state index contributed by atoms with van der Waals surface area (Å²) in [7, 11) is 1.56. The van der Waals surface area contributed by atoms with E-state index in [0.717, 1.165) is 5.56 Å². The van der Waals surface area contributed by atoms with Gasteiger partial charge in [-0.2, -0.15) is 0 Å². The number of anilines is 2. The van der Waals surface area contributed by atoms with Gasteiger partial charge in [0.2, 0.25) is 0 Å². The predicted molar refractivity (Wildman–Crippen MR) is 117 cm³/mol. The van der Waals surface area contributed by atoms with Crippen LogP contribution in [-0.2, 0) is 6.42 Å². The van der Waals surface area contributed by atoms with Crippen LogP contribution in [0.1, 0.15) is 5.56 Å². The van der Waals surface area contributed by atoms with E-state index in [0.29, 0.717) is 34.4 Å². The quantitative estimate of drug-likeness (QED) is 0.500. The number of nitrogens with one attached hydrogen (secondary N) is 2. The van der Waals surface area contributed by atoms with Crippen LogP contribution in [0.5, 0.6) is 5.75 Å². The van der Waals surface area contributed by atoms with E-state index < -0.39 is 6.03 Å². The Hall–Kier alpha value is -3.16. The molecule has 2 N–H and O–H groups in total. The molecule has 1 heterocycles. The number of nitrogens with zero attached hydrogens (tertiary/aromatic N) is 2. The molecular formula is C21H19Cl2N4O3+. The molecule has 0 radical (unpaired) electrons. The van der Waals surface area contributed by atoms with Crippen molar-refractivity contribution in [2.45, 2.75) is 6.42 Å². The minimum absolute atomic E-state index is 0.105. The first-order chi connectivity index (χ1) is 14.5. The van der Waals surface area contributed by atoms with E-state index in [1.165, 1.54) is 11.0 Å². The molecule has 0 aliphatic heterocycles. The third-order valence-electron chi connectivity index (χ3n) is 4.34. The summed E-state index contributed by atoms with van der Waals surface area (Å²) in [6.45, 7) is 0.347. The molecule has 3 aromatic rings. The van der Waals surface area contributed by atoms with Crippen molar-refractivity contribution in [1.82, 2.24) is 5.32 Å². The van der Waals surface area contributed by atoms with Crippen molar-refractivity contribution >= 4 is 46.4 Å². The van der Waals surface area contributed by atoms with Crippen molar-refractivity contribution in [2.75, 3.05) is 18.6 Å². The number of rotatable bonds is 7. The molecule has 154 valence electrons. The largest absolute Gasteiger partial charge is 0.497 e. The van der Waals surface area contributed by atoms with Gasteiger partial charge in [0.15, 0.2) is 5.69 Å². The average Bonchev–Trinajstić information content (AvgIpc) is 2.77. The van der Waals surface area contributed by atoms with Crippen molar-refractivity contribution in [3.63, 3.8) is 0 Å². The summed E-state index contributed by atoms with van der Waals surface area (Å²) in [5.74, 6) is 0.897. The Kier molecular flexibility index (Phi) is 7.21. The predicted octanol–water partition coefficient (Wildman–Crippen LogP) is 5.30. The highest BCUT2D eigenvalue weighted by Gasteiger charge is 2.30. The third-order valence-corrected chi connectivity index (χ3v) is 5.08. The molecule has 30 heavy (non-hydrogen) atoms. The average molecular weight is 446 g/mol. The maximum Gasteiger partial charge on any atom is 0.414 e. The number of pyridine rings is 1. The number of hydrogen-bond donors (Lipinski definition) is 1. The lowest BCUT2D eigenvalue weighted by molar-refractivity contribution is -0.361. The molecule has 0 bridgehead atoms. The number of urea groups is 1. The fourth-order valence-electron chi connectivity index (χ4n) is 2.84. The SMILES string of the molecule is COc1ccc(N(C(=O)NCCc2ccc(Cl)c(Cl)c2)c2[nH+]cccc2N=O)cc1. The van der Waals surface area contributed by atoms with E-state index in [-0.39, 0.29) is 11.5 Å². The summed E-state index contributed by atoms with van der Waals surface area (Å²) in [4.78, 5) is 28.6. The van der Waals surface area contributed by atoms with E-state index in [1.807, 2.05) is 6.07 Å². The first kappa shape index (κ1) is 21.5. The molecule has 0 saturated carbocycles. The third kappa shape index (κ3) is 5.06. The number of aromatic nitrogens is 1. The number of nitroso groups, excluding NO2 is 1.